The van der Waals surface area contributed by atoms with Gasteiger partial charge in [-0.25, -0.2) is 4.39 Å². The number of nitrogens with zero attached hydrogens (tertiary/aromatic N) is 2. The quantitative estimate of drug-likeness (QED) is 0.928. The van der Waals surface area contributed by atoms with Crippen molar-refractivity contribution in [2.75, 3.05) is 38.0 Å². The standard InChI is InChI=1S/C14H18FN3O2.C2H6/c1-11(19)18-8-6-17(7-9-18)10-14(20)16-13-5-3-2-4-12(13)15;1-2/h2-5H,6-10H2,1H3,(H,16,20);1-2H3. The topological polar surface area (TPSA) is 52.7 Å². The third-order valence-electron chi connectivity index (χ3n) is 3.33. The van der Waals surface area contributed by atoms with E-state index in [9.17, 15) is 14.0 Å². The molecular weight excluding hydrogens is 285 g/mol. The Kier molecular flexibility index (Phi) is 7.52. The molecule has 0 atom stereocenters. The first-order chi connectivity index (χ1) is 10.6. The van der Waals surface area contributed by atoms with Gasteiger partial charge in [-0.2, -0.15) is 0 Å². The summed E-state index contributed by atoms with van der Waals surface area (Å²) in [5.74, 6) is -0.630. The second kappa shape index (κ2) is 9.15. The number of carbonyl (C=O) groups excluding carboxylic acids is 2. The molecule has 1 fully saturated rings. The van der Waals surface area contributed by atoms with Gasteiger partial charge in [0.2, 0.25) is 11.8 Å². The average molecular weight is 309 g/mol. The molecule has 22 heavy (non-hydrogen) atoms. The average Bonchev–Trinajstić information content (AvgIpc) is 2.52. The Hall–Kier alpha value is -1.95. The van der Waals surface area contributed by atoms with Crippen molar-refractivity contribution in [3.05, 3.63) is 30.1 Å². The van der Waals surface area contributed by atoms with E-state index in [1.807, 2.05) is 18.7 Å². The number of rotatable bonds is 3. The Morgan fingerprint density at radius 3 is 2.27 bits per heavy atom. The van der Waals surface area contributed by atoms with Crippen LogP contribution < -0.4 is 5.32 Å². The number of benzene rings is 1. The molecule has 0 radical (unpaired) electrons. The van der Waals surface area contributed by atoms with E-state index in [0.717, 1.165) is 0 Å². The summed E-state index contributed by atoms with van der Waals surface area (Å²) in [6.07, 6.45) is 0. The van der Waals surface area contributed by atoms with Crippen molar-refractivity contribution >= 4 is 17.5 Å². The summed E-state index contributed by atoms with van der Waals surface area (Å²) < 4.78 is 13.4. The van der Waals surface area contributed by atoms with Crippen molar-refractivity contribution in [3.8, 4) is 0 Å². The normalized spacial score (nSPS) is 14.8. The first-order valence-corrected chi connectivity index (χ1v) is 7.58. The third-order valence-corrected chi connectivity index (χ3v) is 3.33. The molecule has 2 rings (SSSR count). The zero-order chi connectivity index (χ0) is 16.5. The summed E-state index contributed by atoms with van der Waals surface area (Å²) in [4.78, 5) is 26.8. The van der Waals surface area contributed by atoms with Gasteiger partial charge in [0.15, 0.2) is 0 Å². The van der Waals surface area contributed by atoms with Gasteiger partial charge < -0.3 is 10.2 Å². The highest BCUT2D eigenvalue weighted by Gasteiger charge is 2.20. The maximum Gasteiger partial charge on any atom is 0.238 e. The number of nitrogens with one attached hydrogen (secondary N) is 1. The van der Waals surface area contributed by atoms with Crippen molar-refractivity contribution in [3.63, 3.8) is 0 Å². The molecule has 0 bridgehead atoms. The monoisotopic (exact) mass is 309 g/mol. The van der Waals surface area contributed by atoms with Crippen LogP contribution in [0.1, 0.15) is 20.8 Å². The van der Waals surface area contributed by atoms with Gasteiger partial charge in [0, 0.05) is 33.1 Å². The van der Waals surface area contributed by atoms with Crippen LogP contribution in [0.25, 0.3) is 0 Å². The number of carbonyl (C=O) groups is 2. The molecule has 2 amide bonds. The van der Waals surface area contributed by atoms with E-state index < -0.39 is 5.82 Å². The number of piperazine rings is 1. The lowest BCUT2D eigenvalue weighted by Crippen LogP contribution is -2.49. The van der Waals surface area contributed by atoms with E-state index in [2.05, 4.69) is 5.32 Å². The Morgan fingerprint density at radius 2 is 1.73 bits per heavy atom. The van der Waals surface area contributed by atoms with Gasteiger partial charge in [-0.15, -0.1) is 0 Å². The molecule has 0 unspecified atom stereocenters. The minimum absolute atomic E-state index is 0.0560. The zero-order valence-corrected chi connectivity index (χ0v) is 13.4. The molecule has 1 aromatic carbocycles. The fourth-order valence-corrected chi connectivity index (χ4v) is 2.18. The molecule has 5 nitrogen and oxygen atoms in total. The summed E-state index contributed by atoms with van der Waals surface area (Å²) in [7, 11) is 0. The highest BCUT2D eigenvalue weighted by molar-refractivity contribution is 5.92. The number of para-hydroxylation sites is 1. The third kappa shape index (κ3) is 5.44. The van der Waals surface area contributed by atoms with Crippen LogP contribution in [-0.2, 0) is 9.59 Å². The van der Waals surface area contributed by atoms with Crippen molar-refractivity contribution in [1.29, 1.82) is 0 Å². The van der Waals surface area contributed by atoms with Gasteiger partial charge in [-0.1, -0.05) is 26.0 Å². The lowest BCUT2D eigenvalue weighted by Gasteiger charge is -2.33. The van der Waals surface area contributed by atoms with E-state index in [4.69, 9.17) is 0 Å². The molecule has 1 N–H and O–H groups in total. The zero-order valence-electron chi connectivity index (χ0n) is 13.4. The molecule has 1 aromatic rings. The fraction of sp³-hybridized carbons (Fsp3) is 0.500. The maximum atomic E-state index is 13.4. The summed E-state index contributed by atoms with van der Waals surface area (Å²) in [5, 5.41) is 2.56. The number of halogens is 1. The van der Waals surface area contributed by atoms with E-state index in [1.165, 1.54) is 12.1 Å². The Bertz CT molecular complexity index is 500. The number of amides is 2. The number of anilines is 1. The summed E-state index contributed by atoms with van der Waals surface area (Å²) in [6.45, 7) is 8.32. The SMILES string of the molecule is CC.CC(=O)N1CCN(CC(=O)Nc2ccccc2F)CC1. The van der Waals surface area contributed by atoms with Gasteiger partial charge in [-0.05, 0) is 12.1 Å². The van der Waals surface area contributed by atoms with Crippen molar-refractivity contribution in [2.45, 2.75) is 20.8 Å². The molecule has 0 saturated carbocycles. The van der Waals surface area contributed by atoms with Crippen LogP contribution in [-0.4, -0.2) is 54.3 Å². The number of hydrogen-bond donors (Lipinski definition) is 1. The molecule has 6 heteroatoms. The van der Waals surface area contributed by atoms with Gasteiger partial charge >= 0.3 is 0 Å². The summed E-state index contributed by atoms with van der Waals surface area (Å²) in [6, 6.07) is 6.08. The fourth-order valence-electron chi connectivity index (χ4n) is 2.18. The molecule has 0 aromatic heterocycles. The van der Waals surface area contributed by atoms with Crippen LogP contribution in [0.15, 0.2) is 24.3 Å². The van der Waals surface area contributed by atoms with Gasteiger partial charge in [0.05, 0.1) is 12.2 Å². The van der Waals surface area contributed by atoms with Crippen molar-refractivity contribution in [1.82, 2.24) is 9.80 Å². The smallest absolute Gasteiger partial charge is 0.238 e. The van der Waals surface area contributed by atoms with Crippen LogP contribution in [0.2, 0.25) is 0 Å². The van der Waals surface area contributed by atoms with Crippen molar-refractivity contribution in [2.24, 2.45) is 0 Å². The Balaban J connectivity index is 0.00000116. The van der Waals surface area contributed by atoms with Gasteiger partial charge in [0.1, 0.15) is 5.82 Å². The van der Waals surface area contributed by atoms with E-state index in [0.29, 0.717) is 26.2 Å². The molecule has 1 saturated heterocycles. The second-order valence-corrected chi connectivity index (χ2v) is 4.81. The lowest BCUT2D eigenvalue weighted by atomic mass is 10.3. The lowest BCUT2D eigenvalue weighted by molar-refractivity contribution is -0.130. The maximum absolute atomic E-state index is 13.4. The predicted octanol–water partition coefficient (Wildman–Crippen LogP) is 1.95. The molecule has 122 valence electrons. The molecular formula is C16H24FN3O2. The highest BCUT2D eigenvalue weighted by Crippen LogP contribution is 2.12. The minimum Gasteiger partial charge on any atom is -0.340 e. The van der Waals surface area contributed by atoms with E-state index >= 15 is 0 Å². The van der Waals surface area contributed by atoms with E-state index in [1.54, 1.807) is 24.0 Å². The Morgan fingerprint density at radius 1 is 1.14 bits per heavy atom. The van der Waals surface area contributed by atoms with E-state index in [-0.39, 0.29) is 24.0 Å². The summed E-state index contributed by atoms with van der Waals surface area (Å²) >= 11 is 0. The first kappa shape index (κ1) is 18.1. The second-order valence-electron chi connectivity index (χ2n) is 4.81. The molecule has 0 spiro atoms. The molecule has 1 aliphatic rings. The Labute approximate surface area is 131 Å². The van der Waals surface area contributed by atoms with Gasteiger partial charge in [-0.3, -0.25) is 14.5 Å². The van der Waals surface area contributed by atoms with Crippen LogP contribution in [0.4, 0.5) is 10.1 Å². The van der Waals surface area contributed by atoms with Crippen LogP contribution in [0.5, 0.6) is 0 Å². The molecule has 1 aliphatic heterocycles. The first-order valence-electron chi connectivity index (χ1n) is 7.58. The molecule has 0 aliphatic carbocycles. The largest absolute Gasteiger partial charge is 0.340 e. The minimum atomic E-state index is -0.442. The highest BCUT2D eigenvalue weighted by atomic mass is 19.1. The van der Waals surface area contributed by atoms with Gasteiger partial charge in [0.25, 0.3) is 0 Å². The summed E-state index contributed by atoms with van der Waals surface area (Å²) in [5.41, 5.74) is 0.194. The predicted molar refractivity (Wildman–Crippen MR) is 85.1 cm³/mol. The van der Waals surface area contributed by atoms with Crippen molar-refractivity contribution < 1.29 is 14.0 Å². The van der Waals surface area contributed by atoms with Crippen LogP contribution in [0.3, 0.4) is 0 Å². The number of hydrogen-bond acceptors (Lipinski definition) is 3. The van der Waals surface area contributed by atoms with Crippen LogP contribution in [0, 0.1) is 5.82 Å². The molecule has 1 heterocycles. The van der Waals surface area contributed by atoms with Crippen LogP contribution >= 0.6 is 0 Å².